The number of ether oxygens (including phenoxy) is 1. The molecular weight excluding hydrogens is 392 g/mol. The Morgan fingerprint density at radius 1 is 1.17 bits per heavy atom. The van der Waals surface area contributed by atoms with Crippen molar-refractivity contribution < 1.29 is 13.2 Å². The van der Waals surface area contributed by atoms with E-state index >= 15 is 0 Å². The Morgan fingerprint density at radius 2 is 1.90 bits per heavy atom. The molecule has 1 fully saturated rings. The maximum atomic E-state index is 12.8. The molecule has 1 aliphatic rings. The molecule has 0 bridgehead atoms. The lowest BCUT2D eigenvalue weighted by Gasteiger charge is -2.23. The van der Waals surface area contributed by atoms with Crippen molar-refractivity contribution in [1.29, 1.82) is 0 Å². The van der Waals surface area contributed by atoms with Crippen LogP contribution in [0, 0.1) is 6.92 Å². The molecule has 2 aromatic heterocycles. The number of aromatic nitrogens is 3. The summed E-state index contributed by atoms with van der Waals surface area (Å²) in [5.41, 5.74) is 3.05. The molecule has 1 saturated heterocycles. The first-order valence-electron chi connectivity index (χ1n) is 9.48. The van der Waals surface area contributed by atoms with E-state index in [2.05, 4.69) is 10.3 Å². The molecular formula is C20H24N4O4S. The zero-order valence-corrected chi connectivity index (χ0v) is 17.5. The predicted molar refractivity (Wildman–Crippen MR) is 112 cm³/mol. The van der Waals surface area contributed by atoms with Crippen LogP contribution in [0.25, 0.3) is 11.0 Å². The molecule has 8 nitrogen and oxygen atoms in total. The first-order valence-corrected chi connectivity index (χ1v) is 11.4. The highest BCUT2D eigenvalue weighted by molar-refractivity contribution is 7.90. The molecule has 3 aromatic rings. The van der Waals surface area contributed by atoms with Gasteiger partial charge in [0.1, 0.15) is 5.82 Å². The van der Waals surface area contributed by atoms with Crippen molar-refractivity contribution in [2.45, 2.75) is 30.7 Å². The van der Waals surface area contributed by atoms with Crippen molar-refractivity contribution >= 4 is 32.4 Å². The van der Waals surface area contributed by atoms with Gasteiger partial charge in [0.05, 0.1) is 22.1 Å². The second-order valence-electron chi connectivity index (χ2n) is 7.49. The predicted octanol–water partition coefficient (Wildman–Crippen LogP) is 2.54. The minimum absolute atomic E-state index is 0.0684. The number of sulfone groups is 1. The summed E-state index contributed by atoms with van der Waals surface area (Å²) < 4.78 is 32.6. The number of aryl methyl sites for hydroxylation is 2. The quantitative estimate of drug-likeness (QED) is 0.702. The summed E-state index contributed by atoms with van der Waals surface area (Å²) >= 11 is 0. The molecule has 0 atom stereocenters. The van der Waals surface area contributed by atoms with Crippen molar-refractivity contribution in [3.05, 3.63) is 46.5 Å². The largest absolute Gasteiger partial charge is 0.381 e. The Kier molecular flexibility index (Phi) is 4.95. The van der Waals surface area contributed by atoms with Crippen molar-refractivity contribution in [2.75, 3.05) is 24.8 Å². The van der Waals surface area contributed by atoms with Gasteiger partial charge in [0.15, 0.2) is 9.84 Å². The van der Waals surface area contributed by atoms with E-state index in [1.54, 1.807) is 36.0 Å². The number of hydrogen-bond acceptors (Lipinski definition) is 6. The summed E-state index contributed by atoms with van der Waals surface area (Å²) in [4.78, 5) is 17.5. The van der Waals surface area contributed by atoms with Gasteiger partial charge in [0.2, 0.25) is 0 Å². The van der Waals surface area contributed by atoms with Crippen LogP contribution in [0.15, 0.2) is 40.2 Å². The van der Waals surface area contributed by atoms with Crippen LogP contribution >= 0.6 is 0 Å². The smallest absolute Gasteiger partial charge is 0.329 e. The lowest BCUT2D eigenvalue weighted by atomic mass is 10.1. The summed E-state index contributed by atoms with van der Waals surface area (Å²) in [5, 5.41) is 3.21. The van der Waals surface area contributed by atoms with Crippen LogP contribution in [0.2, 0.25) is 0 Å². The van der Waals surface area contributed by atoms with E-state index in [9.17, 15) is 13.2 Å². The highest BCUT2D eigenvalue weighted by Crippen LogP contribution is 2.28. The number of fused-ring (bicyclic) bond motifs is 1. The van der Waals surface area contributed by atoms with Crippen LogP contribution in [-0.2, 0) is 21.6 Å². The van der Waals surface area contributed by atoms with Crippen LogP contribution in [-0.4, -0.2) is 42.0 Å². The van der Waals surface area contributed by atoms with E-state index in [0.717, 1.165) is 29.4 Å². The van der Waals surface area contributed by atoms with E-state index in [1.165, 1.54) is 6.26 Å². The molecule has 3 heterocycles. The molecule has 0 spiro atoms. The molecule has 0 amide bonds. The van der Waals surface area contributed by atoms with Gasteiger partial charge in [0.25, 0.3) is 0 Å². The summed E-state index contributed by atoms with van der Waals surface area (Å²) in [6, 6.07) is 6.89. The number of pyridine rings is 1. The molecule has 1 aliphatic heterocycles. The zero-order valence-electron chi connectivity index (χ0n) is 16.7. The van der Waals surface area contributed by atoms with Gasteiger partial charge < -0.3 is 10.1 Å². The Hall–Kier alpha value is -2.65. The van der Waals surface area contributed by atoms with E-state index < -0.39 is 9.84 Å². The van der Waals surface area contributed by atoms with Gasteiger partial charge in [-0.1, -0.05) is 6.07 Å². The molecule has 154 valence electrons. The van der Waals surface area contributed by atoms with Crippen LogP contribution in [0.3, 0.4) is 0 Å². The highest BCUT2D eigenvalue weighted by Gasteiger charge is 2.22. The fourth-order valence-corrected chi connectivity index (χ4v) is 4.37. The molecule has 9 heteroatoms. The molecule has 1 N–H and O–H groups in total. The first-order chi connectivity index (χ1) is 13.8. The average Bonchev–Trinajstić information content (AvgIpc) is 2.93. The van der Waals surface area contributed by atoms with Crippen molar-refractivity contribution in [3.63, 3.8) is 0 Å². The Labute approximate surface area is 169 Å². The van der Waals surface area contributed by atoms with Crippen LogP contribution in [0.4, 0.5) is 11.5 Å². The van der Waals surface area contributed by atoms with Crippen LogP contribution in [0.5, 0.6) is 0 Å². The van der Waals surface area contributed by atoms with Crippen molar-refractivity contribution in [3.8, 4) is 0 Å². The third kappa shape index (κ3) is 3.67. The molecule has 0 unspecified atom stereocenters. The van der Waals surface area contributed by atoms with Gasteiger partial charge >= 0.3 is 5.69 Å². The van der Waals surface area contributed by atoms with E-state index in [-0.39, 0.29) is 16.6 Å². The highest BCUT2D eigenvalue weighted by atomic mass is 32.2. The number of anilines is 2. The second kappa shape index (κ2) is 7.31. The number of hydrogen-bond donors (Lipinski definition) is 1. The standard InChI is InChI=1S/C20H24N4O4S/c1-13-4-5-15(29(3,26)27)10-16(13)22-19-11-17-18(12-21-19)23(2)20(25)24(17)14-6-8-28-9-7-14/h4-5,10-12,14H,6-9H2,1-3H3,(H,21,22). The number of rotatable bonds is 4. The van der Waals surface area contributed by atoms with E-state index in [4.69, 9.17) is 4.74 Å². The fraction of sp³-hybridized carbons (Fsp3) is 0.400. The molecule has 0 aliphatic carbocycles. The summed E-state index contributed by atoms with van der Waals surface area (Å²) in [7, 11) is -1.57. The van der Waals surface area contributed by atoms with Crippen molar-refractivity contribution in [2.24, 2.45) is 7.05 Å². The number of nitrogens with one attached hydrogen (secondary N) is 1. The van der Waals surface area contributed by atoms with Gasteiger partial charge in [-0.2, -0.15) is 0 Å². The first kappa shape index (κ1) is 19.7. The number of nitrogens with zero attached hydrogens (tertiary/aromatic N) is 3. The summed E-state index contributed by atoms with van der Waals surface area (Å²) in [6.07, 6.45) is 4.44. The summed E-state index contributed by atoms with van der Waals surface area (Å²) in [6.45, 7) is 3.18. The second-order valence-corrected chi connectivity index (χ2v) is 9.50. The molecule has 0 saturated carbocycles. The monoisotopic (exact) mass is 416 g/mol. The van der Waals surface area contributed by atoms with Gasteiger partial charge in [-0.25, -0.2) is 18.2 Å². The Balaban J connectivity index is 1.77. The fourth-order valence-electron chi connectivity index (χ4n) is 3.73. The zero-order chi connectivity index (χ0) is 20.8. The van der Waals surface area contributed by atoms with Gasteiger partial charge in [-0.15, -0.1) is 0 Å². The Morgan fingerprint density at radius 3 is 2.59 bits per heavy atom. The minimum atomic E-state index is -3.31. The van der Waals surface area contributed by atoms with Gasteiger partial charge in [0, 0.05) is 44.3 Å². The van der Waals surface area contributed by atoms with Gasteiger partial charge in [-0.05, 0) is 37.5 Å². The molecule has 4 rings (SSSR count). The maximum absolute atomic E-state index is 12.8. The average molecular weight is 417 g/mol. The normalized spacial score (nSPS) is 15.7. The third-order valence-electron chi connectivity index (χ3n) is 5.43. The lowest BCUT2D eigenvalue weighted by Crippen LogP contribution is -2.29. The van der Waals surface area contributed by atoms with Gasteiger partial charge in [-0.3, -0.25) is 9.13 Å². The van der Waals surface area contributed by atoms with Crippen LogP contribution in [0.1, 0.15) is 24.4 Å². The van der Waals surface area contributed by atoms with Crippen molar-refractivity contribution in [1.82, 2.24) is 14.1 Å². The summed E-state index contributed by atoms with van der Waals surface area (Å²) in [5.74, 6) is 0.553. The Bertz CT molecular complexity index is 1240. The molecule has 0 radical (unpaired) electrons. The van der Waals surface area contributed by atoms with Crippen LogP contribution < -0.4 is 11.0 Å². The maximum Gasteiger partial charge on any atom is 0.329 e. The van der Waals surface area contributed by atoms with E-state index in [1.807, 2.05) is 17.6 Å². The SMILES string of the molecule is Cc1ccc(S(C)(=O)=O)cc1Nc1cc2c(cn1)n(C)c(=O)n2C1CCOCC1. The topological polar surface area (TPSA) is 95.2 Å². The van der Waals surface area contributed by atoms with E-state index in [0.29, 0.717) is 24.7 Å². The minimum Gasteiger partial charge on any atom is -0.381 e. The third-order valence-corrected chi connectivity index (χ3v) is 6.54. The molecule has 29 heavy (non-hydrogen) atoms. The number of benzene rings is 1. The lowest BCUT2D eigenvalue weighted by molar-refractivity contribution is 0.0696. The molecule has 1 aromatic carbocycles. The number of imidazole rings is 1.